The van der Waals surface area contributed by atoms with Crippen molar-refractivity contribution in [3.63, 3.8) is 0 Å². The van der Waals surface area contributed by atoms with Crippen molar-refractivity contribution in [2.45, 2.75) is 40.5 Å². The lowest BCUT2D eigenvalue weighted by atomic mass is 9.72. The van der Waals surface area contributed by atoms with E-state index in [1.807, 2.05) is 27.7 Å². The SMILES string of the molecule is CCCC(=O)C1=C(C)C=CC(=O)C1(C)C. The van der Waals surface area contributed by atoms with Crippen LogP contribution < -0.4 is 0 Å². The zero-order valence-corrected chi connectivity index (χ0v) is 9.89. The standard InChI is InChI=1S/C13H18O2/c1-5-6-10(14)12-9(2)7-8-11(15)13(12,3)4/h7-8H,5-6H2,1-4H3. The molecule has 0 atom stereocenters. The Balaban J connectivity index is 3.16. The largest absolute Gasteiger partial charge is 0.295 e. The Morgan fingerprint density at radius 2 is 1.93 bits per heavy atom. The average Bonchev–Trinajstić information content (AvgIpc) is 2.12. The van der Waals surface area contributed by atoms with E-state index in [0.717, 1.165) is 12.0 Å². The van der Waals surface area contributed by atoms with Crippen molar-refractivity contribution in [2.75, 3.05) is 0 Å². The first-order valence-electron chi connectivity index (χ1n) is 5.38. The van der Waals surface area contributed by atoms with Gasteiger partial charge in [-0.2, -0.15) is 0 Å². The van der Waals surface area contributed by atoms with Crippen LogP contribution in [0.3, 0.4) is 0 Å². The van der Waals surface area contributed by atoms with E-state index in [0.29, 0.717) is 12.0 Å². The molecule has 0 saturated heterocycles. The molecule has 0 spiro atoms. The fraction of sp³-hybridized carbons (Fsp3) is 0.538. The predicted molar refractivity (Wildman–Crippen MR) is 60.5 cm³/mol. The van der Waals surface area contributed by atoms with Crippen LogP contribution in [0.2, 0.25) is 0 Å². The second kappa shape index (κ2) is 4.13. The molecule has 0 aromatic rings. The molecule has 0 amide bonds. The van der Waals surface area contributed by atoms with Crippen molar-refractivity contribution in [1.29, 1.82) is 0 Å². The van der Waals surface area contributed by atoms with Gasteiger partial charge in [-0.1, -0.05) is 13.0 Å². The molecule has 1 rings (SSSR count). The summed E-state index contributed by atoms with van der Waals surface area (Å²) in [5, 5.41) is 0. The maximum Gasteiger partial charge on any atom is 0.165 e. The number of hydrogen-bond donors (Lipinski definition) is 0. The molecular formula is C13H18O2. The Morgan fingerprint density at radius 1 is 1.33 bits per heavy atom. The van der Waals surface area contributed by atoms with Gasteiger partial charge in [0.2, 0.25) is 0 Å². The summed E-state index contributed by atoms with van der Waals surface area (Å²) in [5.74, 6) is 0.130. The molecular weight excluding hydrogens is 188 g/mol. The number of allylic oxidation sites excluding steroid dienone is 4. The molecule has 2 heteroatoms. The third-order valence-electron chi connectivity index (χ3n) is 2.88. The summed E-state index contributed by atoms with van der Waals surface area (Å²) >= 11 is 0. The van der Waals surface area contributed by atoms with Gasteiger partial charge >= 0.3 is 0 Å². The van der Waals surface area contributed by atoms with Gasteiger partial charge < -0.3 is 0 Å². The van der Waals surface area contributed by atoms with Gasteiger partial charge in [0, 0.05) is 12.0 Å². The Kier molecular flexibility index (Phi) is 3.28. The highest BCUT2D eigenvalue weighted by Crippen LogP contribution is 2.35. The Labute approximate surface area is 91.1 Å². The Hall–Kier alpha value is -1.18. The number of hydrogen-bond acceptors (Lipinski definition) is 2. The van der Waals surface area contributed by atoms with Crippen LogP contribution in [0.15, 0.2) is 23.3 Å². The molecule has 0 unspecified atom stereocenters. The number of rotatable bonds is 3. The average molecular weight is 206 g/mol. The van der Waals surface area contributed by atoms with Gasteiger partial charge in [-0.05, 0) is 38.8 Å². The summed E-state index contributed by atoms with van der Waals surface area (Å²) in [6.07, 6.45) is 4.66. The second-order valence-corrected chi connectivity index (χ2v) is 4.55. The minimum Gasteiger partial charge on any atom is -0.295 e. The highest BCUT2D eigenvalue weighted by atomic mass is 16.1. The highest BCUT2D eigenvalue weighted by Gasteiger charge is 2.36. The first-order chi connectivity index (χ1) is 6.91. The van der Waals surface area contributed by atoms with E-state index >= 15 is 0 Å². The van der Waals surface area contributed by atoms with E-state index in [2.05, 4.69) is 0 Å². The normalized spacial score (nSPS) is 19.6. The fourth-order valence-corrected chi connectivity index (χ4v) is 2.03. The van der Waals surface area contributed by atoms with Crippen molar-refractivity contribution >= 4 is 11.6 Å². The molecule has 0 aromatic heterocycles. The van der Waals surface area contributed by atoms with E-state index in [1.165, 1.54) is 0 Å². The summed E-state index contributed by atoms with van der Waals surface area (Å²) in [5.41, 5.74) is 0.973. The molecule has 0 N–H and O–H groups in total. The molecule has 0 fully saturated rings. The van der Waals surface area contributed by atoms with Crippen LogP contribution in [-0.4, -0.2) is 11.6 Å². The highest BCUT2D eigenvalue weighted by molar-refractivity contribution is 6.09. The lowest BCUT2D eigenvalue weighted by Gasteiger charge is -2.28. The number of Topliss-reactive ketones (excluding diaryl/α,β-unsaturated/α-hetero) is 1. The number of carbonyl (C=O) groups excluding carboxylic acids is 2. The topological polar surface area (TPSA) is 34.1 Å². The summed E-state index contributed by atoms with van der Waals surface area (Å²) in [7, 11) is 0. The third-order valence-corrected chi connectivity index (χ3v) is 2.88. The van der Waals surface area contributed by atoms with E-state index in [9.17, 15) is 9.59 Å². The van der Waals surface area contributed by atoms with Crippen molar-refractivity contribution in [2.24, 2.45) is 5.41 Å². The van der Waals surface area contributed by atoms with E-state index in [-0.39, 0.29) is 11.6 Å². The lowest BCUT2D eigenvalue weighted by molar-refractivity contribution is -0.124. The number of carbonyl (C=O) groups is 2. The maximum atomic E-state index is 11.9. The molecule has 0 aromatic carbocycles. The predicted octanol–water partition coefficient (Wildman–Crippen LogP) is 2.84. The quantitative estimate of drug-likeness (QED) is 0.711. The zero-order valence-electron chi connectivity index (χ0n) is 9.89. The summed E-state index contributed by atoms with van der Waals surface area (Å²) in [4.78, 5) is 23.6. The Morgan fingerprint density at radius 3 is 2.47 bits per heavy atom. The molecule has 0 radical (unpaired) electrons. The van der Waals surface area contributed by atoms with Crippen LogP contribution in [-0.2, 0) is 9.59 Å². The minimum absolute atomic E-state index is 0.0209. The van der Waals surface area contributed by atoms with Crippen molar-refractivity contribution in [3.05, 3.63) is 23.3 Å². The van der Waals surface area contributed by atoms with Crippen molar-refractivity contribution < 1.29 is 9.59 Å². The van der Waals surface area contributed by atoms with Crippen molar-refractivity contribution in [1.82, 2.24) is 0 Å². The Bertz CT molecular complexity index is 357. The van der Waals surface area contributed by atoms with Crippen LogP contribution in [0.1, 0.15) is 40.5 Å². The van der Waals surface area contributed by atoms with Crippen molar-refractivity contribution in [3.8, 4) is 0 Å². The van der Waals surface area contributed by atoms with Gasteiger partial charge in [0.15, 0.2) is 11.6 Å². The molecule has 1 aliphatic carbocycles. The van der Waals surface area contributed by atoms with Gasteiger partial charge in [-0.25, -0.2) is 0 Å². The van der Waals surface area contributed by atoms with E-state index in [4.69, 9.17) is 0 Å². The molecule has 0 bridgehead atoms. The summed E-state index contributed by atoms with van der Waals surface area (Å²) in [6.45, 7) is 7.52. The third kappa shape index (κ3) is 2.09. The molecule has 0 heterocycles. The van der Waals surface area contributed by atoms with E-state index < -0.39 is 5.41 Å². The van der Waals surface area contributed by atoms with Gasteiger partial charge in [0.05, 0.1) is 5.41 Å². The summed E-state index contributed by atoms with van der Waals surface area (Å²) < 4.78 is 0. The zero-order chi connectivity index (χ0) is 11.6. The van der Waals surface area contributed by atoms with Crippen LogP contribution in [0.5, 0.6) is 0 Å². The minimum atomic E-state index is -0.648. The molecule has 2 nitrogen and oxygen atoms in total. The maximum absolute atomic E-state index is 11.9. The van der Waals surface area contributed by atoms with Gasteiger partial charge in [0.1, 0.15) is 0 Å². The summed E-state index contributed by atoms with van der Waals surface area (Å²) in [6, 6.07) is 0. The van der Waals surface area contributed by atoms with E-state index in [1.54, 1.807) is 12.2 Å². The van der Waals surface area contributed by atoms with Gasteiger partial charge in [0.25, 0.3) is 0 Å². The lowest BCUT2D eigenvalue weighted by Crippen LogP contribution is -2.32. The molecule has 0 aliphatic heterocycles. The molecule has 82 valence electrons. The first-order valence-corrected chi connectivity index (χ1v) is 5.38. The van der Waals surface area contributed by atoms with Crippen LogP contribution in [0, 0.1) is 5.41 Å². The molecule has 15 heavy (non-hydrogen) atoms. The number of ketones is 2. The smallest absolute Gasteiger partial charge is 0.165 e. The second-order valence-electron chi connectivity index (χ2n) is 4.55. The molecule has 1 aliphatic rings. The van der Waals surface area contributed by atoms with Crippen LogP contribution in [0.25, 0.3) is 0 Å². The first kappa shape index (κ1) is 11.9. The fourth-order valence-electron chi connectivity index (χ4n) is 2.03. The van der Waals surface area contributed by atoms with Crippen LogP contribution >= 0.6 is 0 Å². The van der Waals surface area contributed by atoms with Gasteiger partial charge in [-0.15, -0.1) is 0 Å². The van der Waals surface area contributed by atoms with Gasteiger partial charge in [-0.3, -0.25) is 9.59 Å². The molecule has 0 saturated carbocycles. The van der Waals surface area contributed by atoms with Crippen LogP contribution in [0.4, 0.5) is 0 Å². The monoisotopic (exact) mass is 206 g/mol.